The summed E-state index contributed by atoms with van der Waals surface area (Å²) >= 11 is 0. The Hall–Kier alpha value is -4.13. The van der Waals surface area contributed by atoms with Crippen molar-refractivity contribution in [2.45, 2.75) is 0 Å². The van der Waals surface area contributed by atoms with E-state index < -0.39 is 0 Å². The van der Waals surface area contributed by atoms with Crippen molar-refractivity contribution in [2.75, 3.05) is 7.05 Å². The molecule has 4 rings (SSSR count). The third kappa shape index (κ3) is 3.48. The predicted molar refractivity (Wildman–Crippen MR) is 116 cm³/mol. The van der Waals surface area contributed by atoms with Crippen LogP contribution in [-0.2, 0) is 11.8 Å². The number of benzene rings is 2. The molecule has 1 aromatic heterocycles. The van der Waals surface area contributed by atoms with Crippen molar-refractivity contribution in [3.05, 3.63) is 93.8 Å². The number of carbonyl (C=O) groups is 1. The monoisotopic (exact) mass is 400 g/mol. The van der Waals surface area contributed by atoms with Gasteiger partial charge in [0.15, 0.2) is 0 Å². The number of rotatable bonds is 4. The number of phenolic OH excluding ortho intramolecular Hbond substituents is 1. The highest BCUT2D eigenvalue weighted by Crippen LogP contribution is 2.24. The molecule has 7 nitrogen and oxygen atoms in total. The second-order valence-electron chi connectivity index (χ2n) is 6.89. The molecular weight excluding hydrogens is 380 g/mol. The quantitative estimate of drug-likeness (QED) is 0.660. The van der Waals surface area contributed by atoms with Crippen LogP contribution in [0.2, 0.25) is 0 Å². The molecule has 2 heterocycles. The van der Waals surface area contributed by atoms with Gasteiger partial charge in [-0.05, 0) is 36.4 Å². The molecule has 2 aromatic carbocycles. The van der Waals surface area contributed by atoms with Crippen molar-refractivity contribution in [3.8, 4) is 17.0 Å². The van der Waals surface area contributed by atoms with E-state index in [4.69, 9.17) is 0 Å². The number of amides is 1. The van der Waals surface area contributed by atoms with Gasteiger partial charge in [-0.15, -0.1) is 0 Å². The molecule has 2 N–H and O–H groups in total. The Bertz CT molecular complexity index is 1250. The second-order valence-corrected chi connectivity index (χ2v) is 6.89. The SMILES string of the molecule is CN1N=C(c2ccccc2)/C(=C\C=C\c2c(-c3ccc(O)cc3)[nH]n(C)c2=O)C1=O. The molecular formula is C23H20N4O3. The van der Waals surface area contributed by atoms with Crippen LogP contribution in [0.15, 0.2) is 82.2 Å². The smallest absolute Gasteiger partial charge is 0.275 e. The second kappa shape index (κ2) is 7.71. The summed E-state index contributed by atoms with van der Waals surface area (Å²) in [6.07, 6.45) is 5.02. The van der Waals surface area contributed by atoms with Crippen molar-refractivity contribution < 1.29 is 9.90 Å². The molecule has 0 saturated heterocycles. The minimum Gasteiger partial charge on any atom is -0.508 e. The first kappa shape index (κ1) is 19.2. The molecule has 1 aliphatic heterocycles. The Morgan fingerprint density at radius 1 is 0.967 bits per heavy atom. The van der Waals surface area contributed by atoms with Crippen LogP contribution in [0.5, 0.6) is 5.75 Å². The molecule has 0 fully saturated rings. The lowest BCUT2D eigenvalue weighted by Crippen LogP contribution is -2.17. The third-order valence-corrected chi connectivity index (χ3v) is 4.84. The van der Waals surface area contributed by atoms with E-state index in [0.29, 0.717) is 22.5 Å². The van der Waals surface area contributed by atoms with Crippen molar-refractivity contribution in [1.82, 2.24) is 14.8 Å². The molecule has 0 bridgehead atoms. The standard InChI is InChI=1S/C23H20N4O3/c1-26-22(29)18(20(24-26)15-7-4-3-5-8-15)9-6-10-19-21(25-27(2)23(19)30)16-11-13-17(28)14-12-16/h3-14,25,28H,1-2H3/b10-6+,18-9+. The first-order chi connectivity index (χ1) is 14.5. The number of carbonyl (C=O) groups excluding carboxylic acids is 1. The zero-order chi connectivity index (χ0) is 21.3. The fraction of sp³-hybridized carbons (Fsp3) is 0.0870. The molecule has 1 amide bonds. The Morgan fingerprint density at radius 2 is 1.67 bits per heavy atom. The van der Waals surface area contributed by atoms with Gasteiger partial charge in [0.25, 0.3) is 11.5 Å². The number of phenols is 1. The van der Waals surface area contributed by atoms with Crippen LogP contribution < -0.4 is 5.56 Å². The number of aromatic hydroxyl groups is 1. The number of nitrogens with zero attached hydrogens (tertiary/aromatic N) is 3. The highest BCUT2D eigenvalue weighted by molar-refractivity contribution is 6.30. The fourth-order valence-corrected chi connectivity index (χ4v) is 3.29. The van der Waals surface area contributed by atoms with Crippen LogP contribution >= 0.6 is 0 Å². The molecule has 0 saturated carbocycles. The Labute approximate surface area is 172 Å². The van der Waals surface area contributed by atoms with Crippen LogP contribution in [-0.4, -0.2) is 38.6 Å². The van der Waals surface area contributed by atoms with E-state index in [1.54, 1.807) is 56.6 Å². The number of hydrazone groups is 1. The summed E-state index contributed by atoms with van der Waals surface area (Å²) < 4.78 is 1.39. The Kier molecular flexibility index (Phi) is 4.93. The van der Waals surface area contributed by atoms with E-state index in [-0.39, 0.29) is 17.2 Å². The maximum Gasteiger partial charge on any atom is 0.275 e. The molecule has 3 aromatic rings. The number of hydrogen-bond donors (Lipinski definition) is 2. The normalized spacial score (nSPS) is 15.4. The van der Waals surface area contributed by atoms with Crippen LogP contribution in [0.4, 0.5) is 0 Å². The van der Waals surface area contributed by atoms with E-state index in [1.165, 1.54) is 9.69 Å². The molecule has 30 heavy (non-hydrogen) atoms. The predicted octanol–water partition coefficient (Wildman–Crippen LogP) is 2.90. The van der Waals surface area contributed by atoms with Crippen LogP contribution in [0, 0.1) is 0 Å². The summed E-state index contributed by atoms with van der Waals surface area (Å²) in [4.78, 5) is 25.1. The first-order valence-corrected chi connectivity index (χ1v) is 9.35. The van der Waals surface area contributed by atoms with Crippen LogP contribution in [0.1, 0.15) is 11.1 Å². The van der Waals surface area contributed by atoms with E-state index in [9.17, 15) is 14.7 Å². The third-order valence-electron chi connectivity index (χ3n) is 4.84. The average Bonchev–Trinajstić information content (AvgIpc) is 3.20. The van der Waals surface area contributed by atoms with Gasteiger partial charge in [0, 0.05) is 25.2 Å². The molecule has 0 unspecified atom stereocenters. The lowest BCUT2D eigenvalue weighted by atomic mass is 10.0. The van der Waals surface area contributed by atoms with Gasteiger partial charge >= 0.3 is 0 Å². The van der Waals surface area contributed by atoms with Crippen molar-refractivity contribution in [3.63, 3.8) is 0 Å². The summed E-state index contributed by atoms with van der Waals surface area (Å²) in [5.74, 6) is -0.0605. The molecule has 0 aliphatic carbocycles. The minimum atomic E-state index is -0.209. The summed E-state index contributed by atoms with van der Waals surface area (Å²) in [7, 11) is 3.25. The molecule has 0 spiro atoms. The molecule has 0 radical (unpaired) electrons. The van der Waals surface area contributed by atoms with Crippen LogP contribution in [0.3, 0.4) is 0 Å². The van der Waals surface area contributed by atoms with Gasteiger partial charge in [-0.1, -0.05) is 36.4 Å². The lowest BCUT2D eigenvalue weighted by Gasteiger charge is -2.01. The van der Waals surface area contributed by atoms with Crippen molar-refractivity contribution in [1.29, 1.82) is 0 Å². The number of likely N-dealkylation sites (N-methyl/N-ethyl adjacent to an activating group) is 1. The Balaban J connectivity index is 1.71. The van der Waals surface area contributed by atoms with Gasteiger partial charge in [0.1, 0.15) is 11.5 Å². The number of aromatic amines is 1. The summed E-state index contributed by atoms with van der Waals surface area (Å²) in [5.41, 5.74) is 3.55. The number of nitrogens with one attached hydrogen (secondary N) is 1. The highest BCUT2D eigenvalue weighted by atomic mass is 16.3. The average molecular weight is 400 g/mol. The fourth-order valence-electron chi connectivity index (χ4n) is 3.29. The molecule has 150 valence electrons. The molecule has 0 atom stereocenters. The number of H-pyrrole nitrogens is 1. The van der Waals surface area contributed by atoms with E-state index in [0.717, 1.165) is 11.1 Å². The Morgan fingerprint density at radius 3 is 2.37 bits per heavy atom. The first-order valence-electron chi connectivity index (χ1n) is 9.35. The maximum absolute atomic E-state index is 12.6. The maximum atomic E-state index is 12.6. The topological polar surface area (TPSA) is 90.7 Å². The van der Waals surface area contributed by atoms with Gasteiger partial charge in [0.2, 0.25) is 0 Å². The van der Waals surface area contributed by atoms with Gasteiger partial charge in [-0.25, -0.2) is 5.01 Å². The molecule has 1 aliphatic rings. The van der Waals surface area contributed by atoms with E-state index >= 15 is 0 Å². The van der Waals surface area contributed by atoms with Crippen LogP contribution in [0.25, 0.3) is 17.3 Å². The van der Waals surface area contributed by atoms with Gasteiger partial charge in [-0.3, -0.25) is 19.4 Å². The number of aryl methyl sites for hydroxylation is 1. The van der Waals surface area contributed by atoms with E-state index in [1.807, 2.05) is 30.3 Å². The summed E-state index contributed by atoms with van der Waals surface area (Å²) in [6.45, 7) is 0. The lowest BCUT2D eigenvalue weighted by molar-refractivity contribution is -0.124. The number of aromatic nitrogens is 2. The minimum absolute atomic E-state index is 0.149. The highest BCUT2D eigenvalue weighted by Gasteiger charge is 2.27. The molecule has 7 heteroatoms. The van der Waals surface area contributed by atoms with E-state index in [2.05, 4.69) is 10.2 Å². The van der Waals surface area contributed by atoms with Gasteiger partial charge in [0.05, 0.1) is 16.8 Å². The summed E-state index contributed by atoms with van der Waals surface area (Å²) in [6, 6.07) is 16.1. The van der Waals surface area contributed by atoms with Gasteiger partial charge < -0.3 is 5.11 Å². The largest absolute Gasteiger partial charge is 0.508 e. The van der Waals surface area contributed by atoms with Gasteiger partial charge in [-0.2, -0.15) is 5.10 Å². The zero-order valence-electron chi connectivity index (χ0n) is 16.5. The number of hydrogen-bond acceptors (Lipinski definition) is 4. The number of allylic oxidation sites excluding steroid dienone is 2. The van der Waals surface area contributed by atoms with Crippen molar-refractivity contribution >= 4 is 17.7 Å². The zero-order valence-corrected chi connectivity index (χ0v) is 16.5. The van der Waals surface area contributed by atoms with Crippen molar-refractivity contribution in [2.24, 2.45) is 12.1 Å². The summed E-state index contributed by atoms with van der Waals surface area (Å²) in [5, 5.41) is 18.2.